The summed E-state index contributed by atoms with van der Waals surface area (Å²) in [6.07, 6.45) is 10.1. The lowest BCUT2D eigenvalue weighted by Gasteiger charge is -2.51. The molecule has 0 aromatic heterocycles. The first-order chi connectivity index (χ1) is 6.60. The second-order valence-corrected chi connectivity index (χ2v) is 5.91. The lowest BCUT2D eigenvalue weighted by molar-refractivity contribution is -0.00448. The minimum atomic E-state index is 0.632. The van der Waals surface area contributed by atoms with Crippen LogP contribution in [0, 0.1) is 5.41 Å². The van der Waals surface area contributed by atoms with E-state index in [1.165, 1.54) is 51.5 Å². The van der Waals surface area contributed by atoms with Crippen molar-refractivity contribution in [2.45, 2.75) is 64.3 Å². The summed E-state index contributed by atoms with van der Waals surface area (Å²) in [5.74, 6) is 0. The van der Waals surface area contributed by atoms with Crippen molar-refractivity contribution in [2.24, 2.45) is 5.41 Å². The molecule has 1 spiro atoms. The van der Waals surface area contributed by atoms with Crippen LogP contribution in [-0.4, -0.2) is 24.0 Å². The van der Waals surface area contributed by atoms with Crippen molar-refractivity contribution in [1.82, 2.24) is 4.90 Å². The molecule has 1 heteroatoms. The van der Waals surface area contributed by atoms with Crippen LogP contribution < -0.4 is 0 Å². The molecule has 1 aliphatic carbocycles. The third-order valence-electron chi connectivity index (χ3n) is 5.19. The number of nitrogens with zero attached hydrogens (tertiary/aromatic N) is 1. The second kappa shape index (κ2) is 3.52. The summed E-state index contributed by atoms with van der Waals surface area (Å²) < 4.78 is 0. The van der Waals surface area contributed by atoms with E-state index in [9.17, 15) is 0 Å². The Morgan fingerprint density at radius 3 is 2.36 bits per heavy atom. The summed E-state index contributed by atoms with van der Waals surface area (Å²) in [6, 6.07) is 0. The maximum atomic E-state index is 2.61. The Balaban J connectivity index is 2.01. The molecular formula is C13H25N. The molecule has 2 fully saturated rings. The SMILES string of the molecule is CCC1(C)CCCC2(CCN2C)CC1. The molecule has 1 nitrogen and oxygen atoms in total. The van der Waals surface area contributed by atoms with Gasteiger partial charge in [-0.1, -0.05) is 26.7 Å². The summed E-state index contributed by atoms with van der Waals surface area (Å²) in [5.41, 5.74) is 1.28. The molecule has 2 unspecified atom stereocenters. The van der Waals surface area contributed by atoms with E-state index >= 15 is 0 Å². The molecule has 1 saturated heterocycles. The van der Waals surface area contributed by atoms with E-state index in [1.807, 2.05) is 0 Å². The van der Waals surface area contributed by atoms with E-state index in [2.05, 4.69) is 25.8 Å². The van der Waals surface area contributed by atoms with Crippen LogP contribution in [0.15, 0.2) is 0 Å². The molecule has 82 valence electrons. The predicted molar refractivity (Wildman–Crippen MR) is 61.5 cm³/mol. The molecule has 1 heterocycles. The van der Waals surface area contributed by atoms with Crippen LogP contribution in [0.5, 0.6) is 0 Å². The topological polar surface area (TPSA) is 3.24 Å². The van der Waals surface area contributed by atoms with E-state index in [0.29, 0.717) is 11.0 Å². The van der Waals surface area contributed by atoms with Gasteiger partial charge in [0.15, 0.2) is 0 Å². The average molecular weight is 195 g/mol. The van der Waals surface area contributed by atoms with E-state index in [1.54, 1.807) is 0 Å². The number of likely N-dealkylation sites (tertiary alicyclic amines) is 1. The van der Waals surface area contributed by atoms with Crippen LogP contribution in [0.4, 0.5) is 0 Å². The fourth-order valence-corrected chi connectivity index (χ4v) is 3.27. The number of hydrogen-bond acceptors (Lipinski definition) is 1. The molecule has 1 aliphatic heterocycles. The first-order valence-electron chi connectivity index (χ1n) is 6.32. The summed E-state index contributed by atoms with van der Waals surface area (Å²) in [5, 5.41) is 0. The summed E-state index contributed by atoms with van der Waals surface area (Å²) >= 11 is 0. The monoisotopic (exact) mass is 195 g/mol. The van der Waals surface area contributed by atoms with Gasteiger partial charge in [0.05, 0.1) is 0 Å². The summed E-state index contributed by atoms with van der Waals surface area (Å²) in [7, 11) is 2.32. The van der Waals surface area contributed by atoms with Crippen molar-refractivity contribution in [3.63, 3.8) is 0 Å². The van der Waals surface area contributed by atoms with Gasteiger partial charge in [0.1, 0.15) is 0 Å². The first kappa shape index (κ1) is 10.5. The van der Waals surface area contributed by atoms with Crippen LogP contribution in [0.25, 0.3) is 0 Å². The normalized spacial score (nSPS) is 44.8. The average Bonchev–Trinajstić information content (AvgIpc) is 2.38. The molecule has 1 saturated carbocycles. The molecule has 0 aromatic carbocycles. The van der Waals surface area contributed by atoms with E-state index in [4.69, 9.17) is 0 Å². The number of rotatable bonds is 1. The highest BCUT2D eigenvalue weighted by molar-refractivity contribution is 5.00. The van der Waals surface area contributed by atoms with Crippen molar-refractivity contribution >= 4 is 0 Å². The van der Waals surface area contributed by atoms with Gasteiger partial charge in [0.25, 0.3) is 0 Å². The fraction of sp³-hybridized carbons (Fsp3) is 1.00. The highest BCUT2D eigenvalue weighted by Gasteiger charge is 2.44. The van der Waals surface area contributed by atoms with Crippen LogP contribution in [0.3, 0.4) is 0 Å². The standard InChI is InChI=1S/C13H25N/c1-4-12(2)6-5-7-13(9-8-12)10-11-14(13)3/h4-11H2,1-3H3. The van der Waals surface area contributed by atoms with Gasteiger partial charge in [-0.05, 0) is 44.6 Å². The maximum Gasteiger partial charge on any atom is 0.0218 e. The van der Waals surface area contributed by atoms with Gasteiger partial charge in [-0.3, -0.25) is 0 Å². The van der Waals surface area contributed by atoms with Gasteiger partial charge in [-0.15, -0.1) is 0 Å². The highest BCUT2D eigenvalue weighted by Crippen LogP contribution is 2.47. The largest absolute Gasteiger partial charge is 0.301 e. The zero-order valence-electron chi connectivity index (χ0n) is 10.1. The van der Waals surface area contributed by atoms with Crippen molar-refractivity contribution in [1.29, 1.82) is 0 Å². The van der Waals surface area contributed by atoms with Crippen LogP contribution in [-0.2, 0) is 0 Å². The Hall–Kier alpha value is -0.0400. The molecular weight excluding hydrogens is 170 g/mol. The van der Waals surface area contributed by atoms with Crippen LogP contribution in [0.2, 0.25) is 0 Å². The van der Waals surface area contributed by atoms with Gasteiger partial charge in [0.2, 0.25) is 0 Å². The van der Waals surface area contributed by atoms with Gasteiger partial charge in [-0.25, -0.2) is 0 Å². The quantitative estimate of drug-likeness (QED) is 0.619. The van der Waals surface area contributed by atoms with E-state index < -0.39 is 0 Å². The van der Waals surface area contributed by atoms with Crippen molar-refractivity contribution in [3.8, 4) is 0 Å². The Bertz CT molecular complexity index is 213. The molecule has 2 atom stereocenters. The van der Waals surface area contributed by atoms with E-state index in [-0.39, 0.29) is 0 Å². The summed E-state index contributed by atoms with van der Waals surface area (Å²) in [4.78, 5) is 2.61. The molecule has 0 amide bonds. The second-order valence-electron chi connectivity index (χ2n) is 5.91. The first-order valence-corrected chi connectivity index (χ1v) is 6.32. The van der Waals surface area contributed by atoms with Crippen molar-refractivity contribution in [3.05, 3.63) is 0 Å². The fourth-order valence-electron chi connectivity index (χ4n) is 3.27. The van der Waals surface area contributed by atoms with Gasteiger partial charge >= 0.3 is 0 Å². The highest BCUT2D eigenvalue weighted by atomic mass is 15.2. The molecule has 0 radical (unpaired) electrons. The lowest BCUT2D eigenvalue weighted by Crippen LogP contribution is -2.57. The minimum Gasteiger partial charge on any atom is -0.301 e. The zero-order valence-corrected chi connectivity index (χ0v) is 10.1. The number of hydrogen-bond donors (Lipinski definition) is 0. The molecule has 2 aliphatic rings. The third-order valence-corrected chi connectivity index (χ3v) is 5.19. The summed E-state index contributed by atoms with van der Waals surface area (Å²) in [6.45, 7) is 6.19. The Morgan fingerprint density at radius 1 is 1.07 bits per heavy atom. The predicted octanol–water partition coefficient (Wildman–Crippen LogP) is 3.44. The molecule has 2 rings (SSSR count). The van der Waals surface area contributed by atoms with Gasteiger partial charge < -0.3 is 4.90 Å². The Kier molecular flexibility index (Phi) is 2.63. The third kappa shape index (κ3) is 1.60. The maximum absolute atomic E-state index is 2.61. The zero-order chi connectivity index (χ0) is 10.2. The molecule has 0 N–H and O–H groups in total. The van der Waals surface area contributed by atoms with Crippen molar-refractivity contribution in [2.75, 3.05) is 13.6 Å². The Labute approximate surface area is 88.9 Å². The van der Waals surface area contributed by atoms with Crippen LogP contribution >= 0.6 is 0 Å². The lowest BCUT2D eigenvalue weighted by atomic mass is 9.76. The smallest absolute Gasteiger partial charge is 0.0218 e. The molecule has 0 bridgehead atoms. The minimum absolute atomic E-state index is 0.632. The molecule has 0 aromatic rings. The van der Waals surface area contributed by atoms with Gasteiger partial charge in [0, 0.05) is 12.1 Å². The van der Waals surface area contributed by atoms with Crippen LogP contribution in [0.1, 0.15) is 58.8 Å². The van der Waals surface area contributed by atoms with Crippen molar-refractivity contribution < 1.29 is 0 Å². The Morgan fingerprint density at radius 2 is 1.86 bits per heavy atom. The molecule has 14 heavy (non-hydrogen) atoms. The van der Waals surface area contributed by atoms with E-state index in [0.717, 1.165) is 0 Å². The van der Waals surface area contributed by atoms with Gasteiger partial charge in [-0.2, -0.15) is 0 Å².